The summed E-state index contributed by atoms with van der Waals surface area (Å²) in [6, 6.07) is 0.584. The molecule has 0 amide bonds. The van der Waals surface area contributed by atoms with Gasteiger partial charge in [0.2, 0.25) is 0 Å². The highest BCUT2D eigenvalue weighted by molar-refractivity contribution is 5.58. The van der Waals surface area contributed by atoms with Gasteiger partial charge in [-0.1, -0.05) is 6.92 Å². The largest absolute Gasteiger partial charge is 0.370 e. The third-order valence-corrected chi connectivity index (χ3v) is 4.29. The van der Waals surface area contributed by atoms with E-state index in [0.29, 0.717) is 6.04 Å². The van der Waals surface area contributed by atoms with Crippen LogP contribution in [0.4, 0.5) is 11.6 Å². The Bertz CT molecular complexity index is 426. The molecule has 1 aliphatic heterocycles. The van der Waals surface area contributed by atoms with Crippen LogP contribution in [0.5, 0.6) is 0 Å². The predicted molar refractivity (Wildman–Crippen MR) is 84.5 cm³/mol. The summed E-state index contributed by atoms with van der Waals surface area (Å²) in [7, 11) is 2.16. The average Bonchev–Trinajstić information content (AvgIpc) is 2.49. The van der Waals surface area contributed by atoms with Crippen molar-refractivity contribution in [3.8, 4) is 0 Å². The van der Waals surface area contributed by atoms with Crippen molar-refractivity contribution in [2.24, 2.45) is 0 Å². The Morgan fingerprint density at radius 1 is 1.30 bits per heavy atom. The highest BCUT2D eigenvalue weighted by Gasteiger charge is 2.24. The van der Waals surface area contributed by atoms with Gasteiger partial charge < -0.3 is 15.1 Å². The van der Waals surface area contributed by atoms with E-state index in [1.807, 2.05) is 0 Å². The Balaban J connectivity index is 2.09. The summed E-state index contributed by atoms with van der Waals surface area (Å²) >= 11 is 0. The van der Waals surface area contributed by atoms with E-state index in [0.717, 1.165) is 30.3 Å². The zero-order valence-corrected chi connectivity index (χ0v) is 13.2. The summed E-state index contributed by atoms with van der Waals surface area (Å²) in [6.45, 7) is 10.9. The first kappa shape index (κ1) is 15.0. The Morgan fingerprint density at radius 3 is 2.60 bits per heavy atom. The van der Waals surface area contributed by atoms with Gasteiger partial charge in [-0.2, -0.15) is 0 Å². The summed E-state index contributed by atoms with van der Waals surface area (Å²) in [4.78, 5) is 13.7. The average molecular weight is 277 g/mol. The van der Waals surface area contributed by atoms with Gasteiger partial charge in [0.05, 0.1) is 0 Å². The molecule has 0 atom stereocenters. The van der Waals surface area contributed by atoms with Gasteiger partial charge in [-0.3, -0.25) is 0 Å². The van der Waals surface area contributed by atoms with Gasteiger partial charge >= 0.3 is 0 Å². The van der Waals surface area contributed by atoms with Gasteiger partial charge in [0.15, 0.2) is 0 Å². The van der Waals surface area contributed by atoms with Gasteiger partial charge in [-0.05, 0) is 33.2 Å². The number of hydrogen-bond acceptors (Lipinski definition) is 5. The molecule has 0 radical (unpaired) electrons. The van der Waals surface area contributed by atoms with Crippen LogP contribution in [-0.4, -0.2) is 54.1 Å². The number of rotatable bonds is 5. The lowest BCUT2D eigenvalue weighted by Gasteiger charge is -2.37. The number of nitrogens with zero attached hydrogens (tertiary/aromatic N) is 4. The second kappa shape index (κ2) is 6.88. The van der Waals surface area contributed by atoms with Crippen molar-refractivity contribution in [1.82, 2.24) is 14.9 Å². The smallest absolute Gasteiger partial charge is 0.137 e. The van der Waals surface area contributed by atoms with Crippen molar-refractivity contribution in [3.63, 3.8) is 0 Å². The van der Waals surface area contributed by atoms with E-state index in [1.54, 1.807) is 6.33 Å². The number of anilines is 2. The molecule has 112 valence electrons. The third-order valence-electron chi connectivity index (χ3n) is 4.29. The fourth-order valence-electron chi connectivity index (χ4n) is 2.94. The monoisotopic (exact) mass is 277 g/mol. The lowest BCUT2D eigenvalue weighted by molar-refractivity contribution is 0.220. The lowest BCUT2D eigenvalue weighted by Crippen LogP contribution is -2.43. The molecule has 0 spiro atoms. The van der Waals surface area contributed by atoms with Crippen LogP contribution >= 0.6 is 0 Å². The molecule has 1 N–H and O–H groups in total. The topological polar surface area (TPSA) is 44.3 Å². The summed E-state index contributed by atoms with van der Waals surface area (Å²) in [6.07, 6.45) is 4.09. The molecule has 2 heterocycles. The molecule has 0 unspecified atom stereocenters. The van der Waals surface area contributed by atoms with Crippen molar-refractivity contribution in [2.45, 2.75) is 39.7 Å². The Morgan fingerprint density at radius 2 is 2.00 bits per heavy atom. The second-order valence-corrected chi connectivity index (χ2v) is 5.48. The Labute approximate surface area is 122 Å². The predicted octanol–water partition coefficient (Wildman–Crippen LogP) is 2.14. The molecular weight excluding hydrogens is 250 g/mol. The zero-order valence-electron chi connectivity index (χ0n) is 13.2. The fourth-order valence-corrected chi connectivity index (χ4v) is 2.94. The molecule has 1 aromatic heterocycles. The molecule has 0 bridgehead atoms. The first-order chi connectivity index (χ1) is 9.67. The first-order valence-corrected chi connectivity index (χ1v) is 7.68. The molecule has 20 heavy (non-hydrogen) atoms. The summed E-state index contributed by atoms with van der Waals surface area (Å²) < 4.78 is 0. The molecular formula is C15H27N5. The molecule has 0 aliphatic carbocycles. The van der Waals surface area contributed by atoms with Gasteiger partial charge in [-0.15, -0.1) is 0 Å². The van der Waals surface area contributed by atoms with Crippen molar-refractivity contribution < 1.29 is 0 Å². The Hall–Kier alpha value is -1.36. The maximum absolute atomic E-state index is 4.50. The van der Waals surface area contributed by atoms with E-state index >= 15 is 0 Å². The molecule has 2 rings (SSSR count). The number of aromatic nitrogens is 2. The van der Waals surface area contributed by atoms with E-state index in [9.17, 15) is 0 Å². The molecule has 0 saturated carbocycles. The molecule has 5 nitrogen and oxygen atoms in total. The minimum Gasteiger partial charge on any atom is -0.370 e. The van der Waals surface area contributed by atoms with Crippen LogP contribution in [0.25, 0.3) is 0 Å². The number of piperidine rings is 1. The summed E-state index contributed by atoms with van der Waals surface area (Å²) in [5.41, 5.74) is 1.15. The molecule has 5 heteroatoms. The van der Waals surface area contributed by atoms with E-state index in [4.69, 9.17) is 0 Å². The summed E-state index contributed by atoms with van der Waals surface area (Å²) in [5, 5.41) is 3.30. The maximum Gasteiger partial charge on any atom is 0.137 e. The molecule has 1 saturated heterocycles. The van der Waals surface area contributed by atoms with Gasteiger partial charge in [-0.25, -0.2) is 9.97 Å². The second-order valence-electron chi connectivity index (χ2n) is 5.48. The van der Waals surface area contributed by atoms with Crippen molar-refractivity contribution in [3.05, 3.63) is 11.9 Å². The van der Waals surface area contributed by atoms with Crippen molar-refractivity contribution in [1.29, 1.82) is 0 Å². The highest BCUT2D eigenvalue weighted by atomic mass is 15.2. The molecule has 0 aromatic carbocycles. The van der Waals surface area contributed by atoms with Crippen LogP contribution < -0.4 is 10.2 Å². The van der Waals surface area contributed by atoms with E-state index in [2.05, 4.69) is 52.9 Å². The number of hydrogen-bond donors (Lipinski definition) is 1. The van der Waals surface area contributed by atoms with Crippen LogP contribution in [0, 0.1) is 6.92 Å². The van der Waals surface area contributed by atoms with Gasteiger partial charge in [0.1, 0.15) is 18.0 Å². The van der Waals surface area contributed by atoms with Crippen molar-refractivity contribution in [2.75, 3.05) is 43.4 Å². The van der Waals surface area contributed by atoms with E-state index in [-0.39, 0.29) is 0 Å². The summed E-state index contributed by atoms with van der Waals surface area (Å²) in [5.74, 6) is 2.02. The minimum atomic E-state index is 0.584. The molecule has 1 aliphatic rings. The maximum atomic E-state index is 4.50. The van der Waals surface area contributed by atoms with Crippen LogP contribution in [0.15, 0.2) is 6.33 Å². The highest BCUT2D eigenvalue weighted by Crippen LogP contribution is 2.26. The zero-order chi connectivity index (χ0) is 14.5. The molecule has 1 aromatic rings. The normalized spacial score (nSPS) is 17.2. The number of nitrogens with one attached hydrogen (secondary N) is 1. The number of likely N-dealkylation sites (tertiary alicyclic amines) is 1. The van der Waals surface area contributed by atoms with Crippen LogP contribution in [0.3, 0.4) is 0 Å². The van der Waals surface area contributed by atoms with Gasteiger partial charge in [0.25, 0.3) is 0 Å². The van der Waals surface area contributed by atoms with E-state index in [1.165, 1.54) is 25.9 Å². The van der Waals surface area contributed by atoms with Gasteiger partial charge in [0, 0.05) is 38.3 Å². The fraction of sp³-hybridized carbons (Fsp3) is 0.733. The van der Waals surface area contributed by atoms with Crippen LogP contribution in [-0.2, 0) is 0 Å². The van der Waals surface area contributed by atoms with E-state index < -0.39 is 0 Å². The molecule has 1 fully saturated rings. The SMILES string of the molecule is CCNc1ncnc(N(C)C2CCN(CC)CC2)c1C. The van der Waals surface area contributed by atoms with Crippen molar-refractivity contribution >= 4 is 11.6 Å². The third kappa shape index (κ3) is 3.20. The minimum absolute atomic E-state index is 0.584. The first-order valence-electron chi connectivity index (χ1n) is 7.68. The van der Waals surface area contributed by atoms with Crippen LogP contribution in [0.1, 0.15) is 32.3 Å². The van der Waals surface area contributed by atoms with Crippen LogP contribution in [0.2, 0.25) is 0 Å². The standard InChI is InChI=1S/C15H27N5/c1-5-16-14-12(3)15(18-11-17-14)19(4)13-7-9-20(6-2)10-8-13/h11,13H,5-10H2,1-4H3,(H,16,17,18). The Kier molecular flexibility index (Phi) is 5.17. The quantitative estimate of drug-likeness (QED) is 0.893. The lowest BCUT2D eigenvalue weighted by atomic mass is 10.0.